The van der Waals surface area contributed by atoms with Gasteiger partial charge in [-0.3, -0.25) is 19.5 Å². The van der Waals surface area contributed by atoms with Crippen molar-refractivity contribution in [2.45, 2.75) is 39.3 Å². The van der Waals surface area contributed by atoms with E-state index in [1.807, 2.05) is 0 Å². The Labute approximate surface area is 261 Å². The van der Waals surface area contributed by atoms with Crippen molar-refractivity contribution in [1.82, 2.24) is 14.8 Å². The van der Waals surface area contributed by atoms with Gasteiger partial charge in [0.15, 0.2) is 23.1 Å². The van der Waals surface area contributed by atoms with Crippen molar-refractivity contribution in [1.29, 1.82) is 0 Å². The average molecular weight is 589 g/mol. The van der Waals surface area contributed by atoms with Crippen molar-refractivity contribution >= 4 is 22.5 Å². The molecular formula is C35H36FN3O4. The van der Waals surface area contributed by atoms with Crippen molar-refractivity contribution in [2.24, 2.45) is 0 Å². The third kappa shape index (κ3) is 6.60. The lowest BCUT2D eigenvalue weighted by molar-refractivity contribution is 0.0803. The number of carbonyl (C=O) groups excluding carboxylic acids is 2. The summed E-state index contributed by atoms with van der Waals surface area (Å²) in [6.45, 7) is -4.97. The van der Waals surface area contributed by atoms with E-state index in [-0.39, 0.29) is 48.8 Å². The van der Waals surface area contributed by atoms with E-state index in [4.69, 9.17) is 19.1 Å². The molecule has 0 bridgehead atoms. The number of carbonyl (C=O) groups is 2. The molecule has 0 amide bonds. The van der Waals surface area contributed by atoms with Gasteiger partial charge in [0.05, 0.1) is 11.2 Å². The van der Waals surface area contributed by atoms with Crippen LogP contribution in [-0.4, -0.2) is 71.6 Å². The van der Waals surface area contributed by atoms with E-state index in [1.54, 1.807) is 48.5 Å². The van der Waals surface area contributed by atoms with Crippen molar-refractivity contribution in [3.05, 3.63) is 100 Å². The summed E-state index contributed by atoms with van der Waals surface area (Å²) in [4.78, 5) is 32.5. The molecular weight excluding hydrogens is 545 g/mol. The van der Waals surface area contributed by atoms with Crippen LogP contribution in [0.4, 0.5) is 4.39 Å². The van der Waals surface area contributed by atoms with Gasteiger partial charge in [-0.1, -0.05) is 25.1 Å². The van der Waals surface area contributed by atoms with Crippen LogP contribution in [0.3, 0.4) is 0 Å². The van der Waals surface area contributed by atoms with Gasteiger partial charge in [0.25, 0.3) is 0 Å². The summed E-state index contributed by atoms with van der Waals surface area (Å²) in [6.07, 6.45) is -0.255. The summed E-state index contributed by atoms with van der Waals surface area (Å²) in [5.41, 5.74) is 2.14. The summed E-state index contributed by atoms with van der Waals surface area (Å²) in [6, 6.07) is 15.0. The molecule has 4 aromatic rings. The highest BCUT2D eigenvalue weighted by molar-refractivity contribution is 6.01. The Bertz CT molecular complexity index is 1960. The molecule has 1 unspecified atom stereocenters. The molecule has 0 spiro atoms. The van der Waals surface area contributed by atoms with Gasteiger partial charge >= 0.3 is 0 Å². The predicted molar refractivity (Wildman–Crippen MR) is 164 cm³/mol. The second-order valence-electron chi connectivity index (χ2n) is 10.4. The fraction of sp³-hybridized carbons (Fsp3) is 0.343. The number of halogens is 1. The smallest absolute Gasteiger partial charge is 0.167 e. The van der Waals surface area contributed by atoms with Gasteiger partial charge in [-0.05, 0) is 73.1 Å². The number of hydrogen-bond acceptors (Lipinski definition) is 7. The lowest BCUT2D eigenvalue weighted by atomic mass is 9.97. The molecule has 1 atom stereocenters. The highest BCUT2D eigenvalue weighted by atomic mass is 19.1. The monoisotopic (exact) mass is 588 g/mol. The van der Waals surface area contributed by atoms with E-state index in [1.165, 1.54) is 32.0 Å². The molecule has 0 aliphatic carbocycles. The first-order chi connectivity index (χ1) is 23.5. The summed E-state index contributed by atoms with van der Waals surface area (Å²) in [7, 11) is 0. The Morgan fingerprint density at radius 3 is 2.56 bits per heavy atom. The van der Waals surface area contributed by atoms with E-state index in [9.17, 15) is 14.0 Å². The van der Waals surface area contributed by atoms with Crippen LogP contribution in [-0.2, 0) is 19.4 Å². The molecule has 1 aromatic heterocycles. The summed E-state index contributed by atoms with van der Waals surface area (Å²) >= 11 is 0. The maximum absolute atomic E-state index is 14.9. The van der Waals surface area contributed by atoms with Gasteiger partial charge in [-0.25, -0.2) is 4.39 Å². The highest BCUT2D eigenvalue weighted by Gasteiger charge is 2.23. The Morgan fingerprint density at radius 1 is 0.953 bits per heavy atom. The third-order valence-corrected chi connectivity index (χ3v) is 7.42. The zero-order chi connectivity index (χ0) is 36.2. The molecule has 2 aliphatic heterocycles. The molecule has 8 heteroatoms. The van der Waals surface area contributed by atoms with Crippen LogP contribution in [0.25, 0.3) is 10.9 Å². The number of pyridine rings is 1. The lowest BCUT2D eigenvalue weighted by Gasteiger charge is -2.39. The number of fused-ring (bicyclic) bond motifs is 2. The van der Waals surface area contributed by atoms with Gasteiger partial charge < -0.3 is 14.4 Å². The van der Waals surface area contributed by atoms with Crippen molar-refractivity contribution in [3.8, 4) is 11.5 Å². The summed E-state index contributed by atoms with van der Waals surface area (Å²) in [5, 5.41) is 0.567. The number of ether oxygens (including phenoxy) is 2. The van der Waals surface area contributed by atoms with Crippen molar-refractivity contribution < 1.29 is 33.0 Å². The first kappa shape index (κ1) is 21.5. The van der Waals surface area contributed by atoms with Crippen LogP contribution in [0.15, 0.2) is 66.7 Å². The molecule has 222 valence electrons. The van der Waals surface area contributed by atoms with Gasteiger partial charge in [0, 0.05) is 71.0 Å². The zero-order valence-electron chi connectivity index (χ0n) is 30.9. The first-order valence-electron chi connectivity index (χ1n) is 17.7. The SMILES string of the molecule is [2H]C1([2H])N(CC)C([2H])([2H])C([2H])(C)N(Cc2ccc3cc(C(=O)Cc4cc(CC(=O)c5ccc6c(c5)OCCO6)ccc4F)ccc3n2)C1([2H])[2H]. The normalized spacial score (nSPS) is 24.9. The van der Waals surface area contributed by atoms with Crippen LogP contribution in [0.5, 0.6) is 11.5 Å². The number of piperazine rings is 1. The molecule has 0 N–H and O–H groups in total. The molecule has 3 heterocycles. The number of nitrogens with zero attached hydrogens (tertiary/aromatic N) is 3. The predicted octanol–water partition coefficient (Wildman–Crippen LogP) is 5.52. The van der Waals surface area contributed by atoms with Gasteiger partial charge in [-0.15, -0.1) is 0 Å². The van der Waals surface area contributed by atoms with Gasteiger partial charge in [0.1, 0.15) is 19.0 Å². The zero-order valence-corrected chi connectivity index (χ0v) is 23.9. The van der Waals surface area contributed by atoms with E-state index >= 15 is 0 Å². The van der Waals surface area contributed by atoms with Gasteiger partial charge in [0.2, 0.25) is 0 Å². The highest BCUT2D eigenvalue weighted by Crippen LogP contribution is 2.31. The number of likely N-dealkylation sites (N-methyl/N-ethyl adjacent to an activating group) is 1. The Balaban J connectivity index is 1.18. The number of rotatable bonds is 9. The second kappa shape index (κ2) is 12.6. The minimum absolute atomic E-state index is 0.00452. The fourth-order valence-electron chi connectivity index (χ4n) is 5.05. The number of hydrogen-bond donors (Lipinski definition) is 0. The van der Waals surface area contributed by atoms with Crippen molar-refractivity contribution in [3.63, 3.8) is 0 Å². The number of aromatic nitrogens is 1. The quantitative estimate of drug-likeness (QED) is 0.239. The molecule has 0 radical (unpaired) electrons. The fourth-order valence-corrected chi connectivity index (χ4v) is 5.05. The number of ketones is 2. The molecule has 3 aromatic carbocycles. The van der Waals surface area contributed by atoms with E-state index in [0.29, 0.717) is 52.3 Å². The molecule has 1 saturated heterocycles. The molecule has 6 rings (SSSR count). The van der Waals surface area contributed by atoms with Gasteiger partial charge in [-0.2, -0.15) is 0 Å². The maximum atomic E-state index is 14.9. The average Bonchev–Trinajstić information content (AvgIpc) is 3.07. The molecule has 7 nitrogen and oxygen atoms in total. The Hall–Kier alpha value is -4.14. The molecule has 0 saturated carbocycles. The lowest BCUT2D eigenvalue weighted by Crippen LogP contribution is -2.51. The van der Waals surface area contributed by atoms with Crippen LogP contribution in [0.1, 0.15) is 61.0 Å². The third-order valence-electron chi connectivity index (χ3n) is 7.42. The minimum Gasteiger partial charge on any atom is -0.486 e. The first-order valence-corrected chi connectivity index (χ1v) is 14.2. The van der Waals surface area contributed by atoms with Crippen LogP contribution in [0, 0.1) is 5.82 Å². The largest absolute Gasteiger partial charge is 0.486 e. The van der Waals surface area contributed by atoms with Crippen LogP contribution >= 0.6 is 0 Å². The standard InChI is InChI=1S/C35H36FN3O4/c1-3-38-12-13-39(23(2)21-38)22-29-8-5-25-18-26(6-10-31(25)37-29)33(41)19-28-16-24(4-9-30(28)36)17-32(40)27-7-11-34-35(20-27)43-15-14-42-34/h4-11,16,18,20,23H,3,12-15,17,19,21-22H2,1-2H3/i12D2,13D2,21D2,23D. The summed E-state index contributed by atoms with van der Waals surface area (Å²) < 4.78 is 86.1. The van der Waals surface area contributed by atoms with Crippen molar-refractivity contribution in [2.75, 3.05) is 39.2 Å². The molecule has 43 heavy (non-hydrogen) atoms. The van der Waals surface area contributed by atoms with E-state index < -0.39 is 31.3 Å². The molecule has 2 aliphatic rings. The maximum Gasteiger partial charge on any atom is 0.167 e. The van der Waals surface area contributed by atoms with E-state index in [0.717, 1.165) is 9.80 Å². The topological polar surface area (TPSA) is 72.0 Å². The Morgan fingerprint density at radius 2 is 1.72 bits per heavy atom. The second-order valence-corrected chi connectivity index (χ2v) is 10.4. The van der Waals surface area contributed by atoms with Crippen LogP contribution in [0.2, 0.25) is 0 Å². The number of benzene rings is 3. The Kier molecular flexibility index (Phi) is 6.32. The minimum atomic E-state index is -2.75. The van der Waals surface area contributed by atoms with E-state index in [2.05, 4.69) is 4.98 Å². The number of Topliss-reactive ketones (excluding diaryl/α,β-unsaturated/α-hetero) is 2. The summed E-state index contributed by atoms with van der Waals surface area (Å²) in [5.74, 6) is -0.0697. The van der Waals surface area contributed by atoms with Crippen LogP contribution < -0.4 is 9.47 Å². The molecule has 1 fully saturated rings.